The first-order valence-electron chi connectivity index (χ1n) is 14.4. The SMILES string of the molecule is Cc1cc2cccc3c4cc5c(cc4c(c1)c23)c(-c1ccccc1)cc1c5cc2cccc3c4ccccc4c1c23. The van der Waals surface area contributed by atoms with E-state index in [0.717, 1.165) is 0 Å². The van der Waals surface area contributed by atoms with E-state index in [1.54, 1.807) is 0 Å². The van der Waals surface area contributed by atoms with Gasteiger partial charge < -0.3 is 0 Å². The zero-order valence-electron chi connectivity index (χ0n) is 22.6. The van der Waals surface area contributed by atoms with E-state index in [-0.39, 0.29) is 0 Å². The predicted molar refractivity (Wildman–Crippen MR) is 179 cm³/mol. The van der Waals surface area contributed by atoms with Crippen LogP contribution >= 0.6 is 0 Å². The summed E-state index contributed by atoms with van der Waals surface area (Å²) in [6, 6.07) is 48.0. The van der Waals surface area contributed by atoms with Gasteiger partial charge in [0.05, 0.1) is 0 Å². The molecule has 10 rings (SSSR count). The molecule has 0 nitrogen and oxygen atoms in total. The van der Waals surface area contributed by atoms with Gasteiger partial charge in [-0.05, 0) is 134 Å². The average molecular weight is 517 g/mol. The van der Waals surface area contributed by atoms with E-state index < -0.39 is 0 Å². The van der Waals surface area contributed by atoms with E-state index in [1.165, 1.54) is 103 Å². The predicted octanol–water partition coefficient (Wildman–Crippen LogP) is 11.8. The number of hydrogen-bond acceptors (Lipinski definition) is 0. The summed E-state index contributed by atoms with van der Waals surface area (Å²) in [6.45, 7) is 2.21. The van der Waals surface area contributed by atoms with E-state index in [4.69, 9.17) is 0 Å². The van der Waals surface area contributed by atoms with Gasteiger partial charge in [0, 0.05) is 0 Å². The number of benzene rings is 8. The molecule has 188 valence electrons. The Morgan fingerprint density at radius 2 is 0.878 bits per heavy atom. The van der Waals surface area contributed by atoms with E-state index in [1.807, 2.05) is 0 Å². The Bertz CT molecular complexity index is 2670. The molecule has 0 radical (unpaired) electrons. The molecule has 10 aromatic carbocycles. The molecule has 0 spiro atoms. The summed E-state index contributed by atoms with van der Waals surface area (Å²) in [7, 11) is 0. The highest BCUT2D eigenvalue weighted by Crippen LogP contribution is 2.48. The summed E-state index contributed by atoms with van der Waals surface area (Å²) >= 11 is 0. The standard InChI is InChI=1S/C41H24/c1-23-17-25-11-7-16-30-33-21-35-32-19-26-12-8-15-28-27-13-5-6-14-29(27)41(40(26)28)38(32)20-31(24-9-3-2-4-10-24)34(35)22-36(33)37(18-23)39(25)30/h2-22H,1H3. The average Bonchev–Trinajstić information content (AvgIpc) is 3.51. The fourth-order valence-corrected chi connectivity index (χ4v) is 7.87. The van der Waals surface area contributed by atoms with Crippen molar-refractivity contribution in [3.05, 3.63) is 133 Å². The Balaban J connectivity index is 1.51. The van der Waals surface area contributed by atoms with Crippen molar-refractivity contribution >= 4 is 86.2 Å². The minimum atomic E-state index is 1.26. The molecule has 0 amide bonds. The second kappa shape index (κ2) is 7.50. The van der Waals surface area contributed by atoms with Crippen molar-refractivity contribution in [2.45, 2.75) is 6.92 Å². The number of aryl methyl sites for hydroxylation is 1. The molecule has 0 aliphatic carbocycles. The van der Waals surface area contributed by atoms with Crippen LogP contribution in [0.15, 0.2) is 127 Å². The highest BCUT2D eigenvalue weighted by molar-refractivity contribution is 6.40. The quantitative estimate of drug-likeness (QED) is 0.150. The smallest absolute Gasteiger partial charge is 0.00139 e. The summed E-state index contributed by atoms with van der Waals surface area (Å²) in [4.78, 5) is 0. The zero-order valence-corrected chi connectivity index (χ0v) is 22.6. The third-order valence-corrected chi connectivity index (χ3v) is 9.51. The fraction of sp³-hybridized carbons (Fsp3) is 0.0244. The Hall–Kier alpha value is -5.20. The van der Waals surface area contributed by atoms with Gasteiger partial charge in [0.25, 0.3) is 0 Å². The second-order valence-corrected chi connectivity index (χ2v) is 11.7. The van der Waals surface area contributed by atoms with Crippen LogP contribution in [-0.2, 0) is 0 Å². The summed E-state index contributed by atoms with van der Waals surface area (Å²) in [5.41, 5.74) is 3.87. The lowest BCUT2D eigenvalue weighted by Gasteiger charge is -2.14. The lowest BCUT2D eigenvalue weighted by molar-refractivity contribution is 1.53. The molecule has 0 fully saturated rings. The van der Waals surface area contributed by atoms with Crippen LogP contribution in [0.5, 0.6) is 0 Å². The van der Waals surface area contributed by atoms with Gasteiger partial charge in [-0.1, -0.05) is 103 Å². The van der Waals surface area contributed by atoms with Crippen LogP contribution in [0.3, 0.4) is 0 Å². The van der Waals surface area contributed by atoms with Gasteiger partial charge in [-0.2, -0.15) is 0 Å². The molecular weight excluding hydrogens is 492 g/mol. The van der Waals surface area contributed by atoms with Crippen LogP contribution in [0.4, 0.5) is 0 Å². The maximum absolute atomic E-state index is 2.49. The third-order valence-electron chi connectivity index (χ3n) is 9.51. The highest BCUT2D eigenvalue weighted by atomic mass is 14.2. The Kier molecular flexibility index (Phi) is 3.95. The molecule has 0 aromatic heterocycles. The van der Waals surface area contributed by atoms with Crippen molar-refractivity contribution < 1.29 is 0 Å². The van der Waals surface area contributed by atoms with Gasteiger partial charge in [0.15, 0.2) is 0 Å². The summed E-state index contributed by atoms with van der Waals surface area (Å²) in [6.07, 6.45) is 0. The van der Waals surface area contributed by atoms with Crippen molar-refractivity contribution in [2.75, 3.05) is 0 Å². The van der Waals surface area contributed by atoms with E-state index >= 15 is 0 Å². The topological polar surface area (TPSA) is 0 Å². The van der Waals surface area contributed by atoms with E-state index in [9.17, 15) is 0 Å². The number of hydrogen-bond donors (Lipinski definition) is 0. The number of rotatable bonds is 1. The Labute approximate surface area is 236 Å². The van der Waals surface area contributed by atoms with Gasteiger partial charge in [-0.25, -0.2) is 0 Å². The Morgan fingerprint density at radius 1 is 0.317 bits per heavy atom. The first-order chi connectivity index (χ1) is 20.2. The van der Waals surface area contributed by atoms with E-state index in [0.29, 0.717) is 0 Å². The van der Waals surface area contributed by atoms with Crippen LogP contribution in [0.1, 0.15) is 5.56 Å². The first-order valence-corrected chi connectivity index (χ1v) is 14.4. The molecular formula is C41H24. The highest BCUT2D eigenvalue weighted by Gasteiger charge is 2.20. The van der Waals surface area contributed by atoms with Crippen molar-refractivity contribution in [1.29, 1.82) is 0 Å². The summed E-state index contributed by atoms with van der Waals surface area (Å²) < 4.78 is 0. The molecule has 0 saturated heterocycles. The molecule has 0 aliphatic rings. The molecule has 10 aromatic rings. The van der Waals surface area contributed by atoms with Crippen LogP contribution < -0.4 is 0 Å². The maximum Gasteiger partial charge on any atom is -0.00139 e. The molecule has 0 bridgehead atoms. The van der Waals surface area contributed by atoms with Crippen LogP contribution in [-0.4, -0.2) is 0 Å². The third kappa shape index (κ3) is 2.70. The minimum Gasteiger partial charge on any atom is -0.0622 e. The van der Waals surface area contributed by atoms with Crippen molar-refractivity contribution in [2.24, 2.45) is 0 Å². The summed E-state index contributed by atoms with van der Waals surface area (Å²) in [5.74, 6) is 0. The molecule has 0 unspecified atom stereocenters. The molecule has 0 atom stereocenters. The van der Waals surface area contributed by atoms with Gasteiger partial charge in [0.2, 0.25) is 0 Å². The van der Waals surface area contributed by atoms with Crippen LogP contribution in [0, 0.1) is 6.92 Å². The van der Waals surface area contributed by atoms with Gasteiger partial charge >= 0.3 is 0 Å². The maximum atomic E-state index is 2.49. The van der Waals surface area contributed by atoms with Crippen molar-refractivity contribution in [3.63, 3.8) is 0 Å². The van der Waals surface area contributed by atoms with Gasteiger partial charge in [-0.15, -0.1) is 0 Å². The summed E-state index contributed by atoms with van der Waals surface area (Å²) in [5, 5.41) is 21.6. The first kappa shape index (κ1) is 21.6. The fourth-order valence-electron chi connectivity index (χ4n) is 7.87. The largest absolute Gasteiger partial charge is 0.0622 e. The molecule has 0 aliphatic heterocycles. The second-order valence-electron chi connectivity index (χ2n) is 11.7. The molecule has 0 heterocycles. The Morgan fingerprint density at radius 3 is 1.71 bits per heavy atom. The molecule has 0 heteroatoms. The lowest BCUT2D eigenvalue weighted by Crippen LogP contribution is -1.87. The monoisotopic (exact) mass is 516 g/mol. The van der Waals surface area contributed by atoms with E-state index in [2.05, 4.69) is 134 Å². The normalized spacial score (nSPS) is 12.5. The van der Waals surface area contributed by atoms with Crippen molar-refractivity contribution in [1.82, 2.24) is 0 Å². The lowest BCUT2D eigenvalue weighted by atomic mass is 9.89. The molecule has 41 heavy (non-hydrogen) atoms. The van der Waals surface area contributed by atoms with Crippen LogP contribution in [0.25, 0.3) is 97.3 Å². The van der Waals surface area contributed by atoms with Crippen LogP contribution in [0.2, 0.25) is 0 Å². The van der Waals surface area contributed by atoms with Gasteiger partial charge in [0.1, 0.15) is 0 Å². The molecule has 0 saturated carbocycles. The van der Waals surface area contributed by atoms with Crippen molar-refractivity contribution in [3.8, 4) is 11.1 Å². The molecule has 0 N–H and O–H groups in total. The number of fused-ring (bicyclic) bond motifs is 10. The van der Waals surface area contributed by atoms with Gasteiger partial charge in [-0.3, -0.25) is 0 Å². The zero-order chi connectivity index (χ0) is 26.8. The minimum absolute atomic E-state index is 1.26.